The van der Waals surface area contributed by atoms with Crippen LogP contribution in [0.25, 0.3) is 11.1 Å². The minimum absolute atomic E-state index is 0.102. The number of nitrogens with two attached hydrogens (primary N) is 1. The van der Waals surface area contributed by atoms with Gasteiger partial charge >= 0.3 is 0 Å². The lowest BCUT2D eigenvalue weighted by atomic mass is 10.0. The number of hydrogen-bond acceptors (Lipinski definition) is 3. The van der Waals surface area contributed by atoms with Gasteiger partial charge in [0.15, 0.2) is 0 Å². The fraction of sp³-hybridized carbons (Fsp3) is 0. The average Bonchev–Trinajstić information content (AvgIpc) is 2.33. The van der Waals surface area contributed by atoms with Gasteiger partial charge in [-0.25, -0.2) is 4.39 Å². The van der Waals surface area contributed by atoms with Gasteiger partial charge in [0.2, 0.25) is 0 Å². The van der Waals surface area contributed by atoms with E-state index < -0.39 is 0 Å². The molecule has 4 heteroatoms. The number of rotatable bonds is 2. The summed E-state index contributed by atoms with van der Waals surface area (Å²) in [4.78, 5) is 0. The standard InChI is InChI=1S/C13H11FN2O/c14-12-4-1-9(2-5-12)10-3-6-13(17)11(7-10)8-16-15/h1-8,17H,15H2. The van der Waals surface area contributed by atoms with Gasteiger partial charge in [-0.1, -0.05) is 18.2 Å². The first kappa shape index (κ1) is 11.1. The van der Waals surface area contributed by atoms with Crippen LogP contribution in [-0.4, -0.2) is 11.3 Å². The van der Waals surface area contributed by atoms with Crippen LogP contribution in [-0.2, 0) is 0 Å². The Kier molecular flexibility index (Phi) is 3.05. The summed E-state index contributed by atoms with van der Waals surface area (Å²) in [5.74, 6) is 4.87. The first-order chi connectivity index (χ1) is 8.20. The molecule has 0 amide bonds. The van der Waals surface area contributed by atoms with E-state index in [4.69, 9.17) is 5.84 Å². The largest absolute Gasteiger partial charge is 0.507 e. The van der Waals surface area contributed by atoms with Crippen molar-refractivity contribution in [2.45, 2.75) is 0 Å². The van der Waals surface area contributed by atoms with Gasteiger partial charge in [-0.3, -0.25) is 0 Å². The monoisotopic (exact) mass is 230 g/mol. The lowest BCUT2D eigenvalue weighted by Gasteiger charge is -2.04. The molecule has 3 nitrogen and oxygen atoms in total. The van der Waals surface area contributed by atoms with E-state index in [0.717, 1.165) is 11.1 Å². The highest BCUT2D eigenvalue weighted by atomic mass is 19.1. The van der Waals surface area contributed by atoms with Gasteiger partial charge in [-0.05, 0) is 35.4 Å². The van der Waals surface area contributed by atoms with Gasteiger partial charge in [0.05, 0.1) is 6.21 Å². The summed E-state index contributed by atoms with van der Waals surface area (Å²) in [6.45, 7) is 0. The summed E-state index contributed by atoms with van der Waals surface area (Å²) >= 11 is 0. The van der Waals surface area contributed by atoms with E-state index in [9.17, 15) is 9.50 Å². The molecule has 2 aromatic rings. The zero-order chi connectivity index (χ0) is 12.3. The summed E-state index contributed by atoms with van der Waals surface area (Å²) in [6, 6.07) is 11.2. The average molecular weight is 230 g/mol. The molecule has 0 atom stereocenters. The quantitative estimate of drug-likeness (QED) is 0.473. The first-order valence-electron chi connectivity index (χ1n) is 5.03. The maximum absolute atomic E-state index is 12.8. The zero-order valence-electron chi connectivity index (χ0n) is 8.97. The van der Waals surface area contributed by atoms with Gasteiger partial charge in [0, 0.05) is 5.56 Å². The SMILES string of the molecule is NN=Cc1cc(-c2ccc(F)cc2)ccc1O. The smallest absolute Gasteiger partial charge is 0.124 e. The molecule has 2 rings (SSSR count). The van der Waals surface area contributed by atoms with Crippen LogP contribution < -0.4 is 5.84 Å². The van der Waals surface area contributed by atoms with Crippen molar-refractivity contribution in [3.05, 3.63) is 53.8 Å². The molecule has 0 aromatic heterocycles. The number of benzene rings is 2. The third-order valence-electron chi connectivity index (χ3n) is 2.42. The fourth-order valence-electron chi connectivity index (χ4n) is 1.56. The minimum Gasteiger partial charge on any atom is -0.507 e. The summed E-state index contributed by atoms with van der Waals surface area (Å²) in [7, 11) is 0. The molecular weight excluding hydrogens is 219 g/mol. The molecular formula is C13H11FN2O. The summed E-state index contributed by atoms with van der Waals surface area (Å²) in [5, 5.41) is 12.9. The Labute approximate surface area is 98.0 Å². The molecule has 0 unspecified atom stereocenters. The van der Waals surface area contributed by atoms with Crippen molar-refractivity contribution in [3.8, 4) is 16.9 Å². The minimum atomic E-state index is -0.281. The highest BCUT2D eigenvalue weighted by molar-refractivity contribution is 5.85. The molecule has 0 fully saturated rings. The zero-order valence-corrected chi connectivity index (χ0v) is 8.97. The first-order valence-corrected chi connectivity index (χ1v) is 5.03. The van der Waals surface area contributed by atoms with Crippen LogP contribution in [0.4, 0.5) is 4.39 Å². The number of phenols is 1. The molecule has 0 aliphatic rings. The maximum atomic E-state index is 12.8. The number of nitrogens with zero attached hydrogens (tertiary/aromatic N) is 1. The summed E-state index contributed by atoms with van der Waals surface area (Å²) in [5.41, 5.74) is 2.24. The molecule has 86 valence electrons. The number of aromatic hydroxyl groups is 1. The van der Waals surface area contributed by atoms with Crippen LogP contribution >= 0.6 is 0 Å². The third kappa shape index (κ3) is 2.42. The Balaban J connectivity index is 2.46. The number of hydrazone groups is 1. The highest BCUT2D eigenvalue weighted by Gasteiger charge is 2.03. The van der Waals surface area contributed by atoms with E-state index >= 15 is 0 Å². The lowest BCUT2D eigenvalue weighted by molar-refractivity contribution is 0.474. The Hall–Kier alpha value is -2.36. The molecule has 0 bridgehead atoms. The van der Waals surface area contributed by atoms with E-state index in [0.29, 0.717) is 5.56 Å². The highest BCUT2D eigenvalue weighted by Crippen LogP contribution is 2.25. The molecule has 17 heavy (non-hydrogen) atoms. The van der Waals surface area contributed by atoms with Crippen LogP contribution in [0.1, 0.15) is 5.56 Å². The van der Waals surface area contributed by atoms with Crippen LogP contribution in [0.2, 0.25) is 0 Å². The second-order valence-corrected chi connectivity index (χ2v) is 3.56. The van der Waals surface area contributed by atoms with Gasteiger partial charge < -0.3 is 10.9 Å². The van der Waals surface area contributed by atoms with Gasteiger partial charge in [0.1, 0.15) is 11.6 Å². The topological polar surface area (TPSA) is 58.6 Å². The molecule has 2 aromatic carbocycles. The predicted molar refractivity (Wildman–Crippen MR) is 65.3 cm³/mol. The van der Waals surface area contributed by atoms with Crippen molar-refractivity contribution in [2.24, 2.45) is 10.9 Å². The molecule has 0 aliphatic carbocycles. The number of halogens is 1. The molecule has 3 N–H and O–H groups in total. The van der Waals surface area contributed by atoms with E-state index in [1.54, 1.807) is 30.3 Å². The summed E-state index contributed by atoms with van der Waals surface area (Å²) in [6.07, 6.45) is 1.36. The molecule has 0 spiro atoms. The predicted octanol–water partition coefficient (Wildman–Crippen LogP) is 2.49. The van der Waals surface area contributed by atoms with Gasteiger partial charge in [-0.15, -0.1) is 0 Å². The molecule has 0 aliphatic heterocycles. The lowest BCUT2D eigenvalue weighted by Crippen LogP contribution is -1.88. The second-order valence-electron chi connectivity index (χ2n) is 3.56. The van der Waals surface area contributed by atoms with E-state index in [1.807, 2.05) is 0 Å². The van der Waals surface area contributed by atoms with E-state index in [1.165, 1.54) is 18.3 Å². The van der Waals surface area contributed by atoms with E-state index in [2.05, 4.69) is 5.10 Å². The molecule has 0 saturated heterocycles. The van der Waals surface area contributed by atoms with Crippen LogP contribution in [0.5, 0.6) is 5.75 Å². The Morgan fingerprint density at radius 1 is 1.06 bits per heavy atom. The Bertz CT molecular complexity index is 550. The fourth-order valence-corrected chi connectivity index (χ4v) is 1.56. The van der Waals surface area contributed by atoms with Crippen LogP contribution in [0.3, 0.4) is 0 Å². The van der Waals surface area contributed by atoms with Crippen molar-refractivity contribution in [1.29, 1.82) is 0 Å². The van der Waals surface area contributed by atoms with Crippen molar-refractivity contribution < 1.29 is 9.50 Å². The number of hydrogen-bond donors (Lipinski definition) is 2. The Morgan fingerprint density at radius 3 is 2.35 bits per heavy atom. The van der Waals surface area contributed by atoms with Crippen LogP contribution in [0.15, 0.2) is 47.6 Å². The second kappa shape index (κ2) is 4.65. The molecule has 0 heterocycles. The van der Waals surface area contributed by atoms with Crippen molar-refractivity contribution in [1.82, 2.24) is 0 Å². The van der Waals surface area contributed by atoms with Crippen molar-refractivity contribution in [3.63, 3.8) is 0 Å². The van der Waals surface area contributed by atoms with Gasteiger partial charge in [-0.2, -0.15) is 5.10 Å². The third-order valence-corrected chi connectivity index (χ3v) is 2.42. The normalized spacial score (nSPS) is 10.9. The molecule has 0 saturated carbocycles. The Morgan fingerprint density at radius 2 is 1.71 bits per heavy atom. The van der Waals surface area contributed by atoms with Gasteiger partial charge in [0.25, 0.3) is 0 Å². The van der Waals surface area contributed by atoms with Crippen LogP contribution in [0, 0.1) is 5.82 Å². The van der Waals surface area contributed by atoms with Crippen molar-refractivity contribution in [2.75, 3.05) is 0 Å². The summed E-state index contributed by atoms with van der Waals surface area (Å²) < 4.78 is 12.8. The molecule has 0 radical (unpaired) electrons. The van der Waals surface area contributed by atoms with Crippen molar-refractivity contribution >= 4 is 6.21 Å². The maximum Gasteiger partial charge on any atom is 0.124 e. The van der Waals surface area contributed by atoms with E-state index in [-0.39, 0.29) is 11.6 Å². The number of phenolic OH excluding ortho intramolecular Hbond substituents is 1.